The quantitative estimate of drug-likeness (QED) is 0.443. The van der Waals surface area contributed by atoms with Gasteiger partial charge in [0, 0.05) is 9.13 Å². The van der Waals surface area contributed by atoms with Crippen molar-refractivity contribution in [3.05, 3.63) is 63.2 Å². The zero-order chi connectivity index (χ0) is 18.0. The summed E-state index contributed by atoms with van der Waals surface area (Å²) in [6.45, 7) is 1.66. The Hall–Kier alpha value is -2.42. The van der Waals surface area contributed by atoms with Gasteiger partial charge in [-0.15, -0.1) is 5.01 Å². The van der Waals surface area contributed by atoms with Crippen molar-refractivity contribution in [1.29, 1.82) is 0 Å². The van der Waals surface area contributed by atoms with Crippen LogP contribution in [0.5, 0.6) is 5.75 Å². The zero-order valence-corrected chi connectivity index (χ0v) is 15.9. The molecule has 2 aromatic carbocycles. The van der Waals surface area contributed by atoms with E-state index in [1.54, 1.807) is 38.3 Å². The number of rotatable bonds is 4. The average Bonchev–Trinajstić information content (AvgIpc) is 2.84. The number of nitrogens with one attached hydrogen (secondary N) is 1. The summed E-state index contributed by atoms with van der Waals surface area (Å²) in [5.41, 5.74) is 0.338. The van der Waals surface area contributed by atoms with Crippen LogP contribution in [-0.4, -0.2) is 30.3 Å². The highest BCUT2D eigenvalue weighted by Crippen LogP contribution is 2.30. The highest BCUT2D eigenvalue weighted by molar-refractivity contribution is 14.1. The fourth-order valence-electron chi connectivity index (χ4n) is 2.55. The van der Waals surface area contributed by atoms with Crippen LogP contribution in [0.15, 0.2) is 53.6 Å². The van der Waals surface area contributed by atoms with E-state index < -0.39 is 17.5 Å². The van der Waals surface area contributed by atoms with Crippen LogP contribution in [0, 0.1) is 3.57 Å². The molecule has 2 aromatic rings. The van der Waals surface area contributed by atoms with Crippen LogP contribution in [0.3, 0.4) is 0 Å². The lowest BCUT2D eigenvalue weighted by Gasteiger charge is -2.21. The maximum atomic E-state index is 12.8. The largest absolute Gasteiger partial charge is 0.497 e. The number of methoxy groups -OCH3 is 1. The predicted molar refractivity (Wildman–Crippen MR) is 102 cm³/mol. The van der Waals surface area contributed by atoms with Crippen molar-refractivity contribution in [2.45, 2.75) is 12.5 Å². The van der Waals surface area contributed by atoms with Gasteiger partial charge >= 0.3 is 6.03 Å². The number of ether oxygens (including phenoxy) is 1. The normalized spacial score (nSPS) is 20.2. The second-order valence-corrected chi connectivity index (χ2v) is 6.83. The van der Waals surface area contributed by atoms with Crippen LogP contribution >= 0.6 is 22.6 Å². The van der Waals surface area contributed by atoms with Crippen LogP contribution in [0.2, 0.25) is 0 Å². The molecule has 1 saturated heterocycles. The molecule has 0 saturated carbocycles. The Labute approximate surface area is 159 Å². The van der Waals surface area contributed by atoms with Crippen LogP contribution < -0.4 is 10.1 Å². The van der Waals surface area contributed by atoms with Crippen molar-refractivity contribution in [3.63, 3.8) is 0 Å². The topological polar surface area (TPSA) is 71.0 Å². The van der Waals surface area contributed by atoms with E-state index in [-0.39, 0.29) is 0 Å². The van der Waals surface area contributed by atoms with Crippen molar-refractivity contribution in [2.24, 2.45) is 5.10 Å². The Morgan fingerprint density at radius 2 is 1.84 bits per heavy atom. The molecule has 128 valence electrons. The average molecular weight is 449 g/mol. The van der Waals surface area contributed by atoms with Gasteiger partial charge in [-0.3, -0.25) is 4.79 Å². The first-order valence-electron chi connectivity index (χ1n) is 7.55. The third-order valence-corrected chi connectivity index (χ3v) is 5.04. The summed E-state index contributed by atoms with van der Waals surface area (Å²) in [4.78, 5) is 25.1. The molecule has 1 fully saturated rings. The third kappa shape index (κ3) is 3.23. The number of imide groups is 1. The summed E-state index contributed by atoms with van der Waals surface area (Å²) in [6.07, 6.45) is 1.51. The van der Waals surface area contributed by atoms with E-state index in [1.165, 1.54) is 6.21 Å². The number of hydrogen-bond acceptors (Lipinski definition) is 4. The lowest BCUT2D eigenvalue weighted by molar-refractivity contribution is -0.131. The molecule has 1 aliphatic rings. The molecule has 1 heterocycles. The van der Waals surface area contributed by atoms with E-state index in [0.29, 0.717) is 11.3 Å². The number of hydrogen-bond donors (Lipinski definition) is 1. The zero-order valence-electron chi connectivity index (χ0n) is 13.7. The number of carbonyl (C=O) groups excluding carboxylic acids is 2. The van der Waals surface area contributed by atoms with Crippen LogP contribution in [0.4, 0.5) is 4.79 Å². The van der Waals surface area contributed by atoms with Crippen molar-refractivity contribution >= 4 is 40.7 Å². The molecule has 1 aliphatic heterocycles. The van der Waals surface area contributed by atoms with Crippen LogP contribution in [0.1, 0.15) is 18.1 Å². The van der Waals surface area contributed by atoms with Crippen molar-refractivity contribution in [3.8, 4) is 5.75 Å². The number of amides is 3. The maximum absolute atomic E-state index is 12.8. The standard InChI is InChI=1S/C18H16IN3O3/c1-18(13-7-9-14(25-2)10-8-13)16(23)22(17(24)21-18)20-11-12-5-3-4-6-15(12)19/h3-11H,1-2H3,(H,21,24)/t18-/m1/s1. The van der Waals surface area contributed by atoms with Gasteiger partial charge in [-0.05, 0) is 53.3 Å². The number of nitrogens with zero attached hydrogens (tertiary/aromatic N) is 2. The lowest BCUT2D eigenvalue weighted by atomic mass is 9.92. The number of benzene rings is 2. The number of hydrazone groups is 1. The van der Waals surface area contributed by atoms with Gasteiger partial charge in [0.2, 0.25) is 0 Å². The van der Waals surface area contributed by atoms with E-state index in [0.717, 1.165) is 14.1 Å². The molecule has 7 heteroatoms. The molecule has 6 nitrogen and oxygen atoms in total. The second kappa shape index (κ2) is 6.83. The van der Waals surface area contributed by atoms with Crippen molar-refractivity contribution in [1.82, 2.24) is 10.3 Å². The van der Waals surface area contributed by atoms with Crippen LogP contribution in [-0.2, 0) is 10.3 Å². The molecule has 0 aliphatic carbocycles. The SMILES string of the molecule is COc1ccc([C@@]2(C)NC(=O)N(N=Cc3ccccc3I)C2=O)cc1. The molecule has 0 unspecified atom stereocenters. The van der Waals surface area contributed by atoms with Gasteiger partial charge in [-0.1, -0.05) is 30.3 Å². The molecule has 0 aromatic heterocycles. The Balaban J connectivity index is 1.87. The minimum absolute atomic E-state index is 0.426. The Morgan fingerprint density at radius 3 is 2.48 bits per heavy atom. The fraction of sp³-hybridized carbons (Fsp3) is 0.167. The highest BCUT2D eigenvalue weighted by Gasteiger charge is 2.49. The molecule has 25 heavy (non-hydrogen) atoms. The van der Waals surface area contributed by atoms with Gasteiger partial charge in [0.25, 0.3) is 5.91 Å². The monoisotopic (exact) mass is 449 g/mol. The summed E-state index contributed by atoms with van der Waals surface area (Å²) in [6, 6.07) is 14.0. The molecule has 1 atom stereocenters. The molecule has 1 N–H and O–H groups in total. The maximum Gasteiger partial charge on any atom is 0.346 e. The van der Waals surface area contributed by atoms with E-state index in [4.69, 9.17) is 4.74 Å². The van der Waals surface area contributed by atoms with Crippen LogP contribution in [0.25, 0.3) is 0 Å². The van der Waals surface area contributed by atoms with Crippen molar-refractivity contribution in [2.75, 3.05) is 7.11 Å². The first kappa shape index (κ1) is 17.4. The smallest absolute Gasteiger partial charge is 0.346 e. The predicted octanol–water partition coefficient (Wildman–Crippen LogP) is 3.10. The van der Waals surface area contributed by atoms with Gasteiger partial charge < -0.3 is 10.1 Å². The first-order valence-corrected chi connectivity index (χ1v) is 8.63. The minimum Gasteiger partial charge on any atom is -0.497 e. The molecule has 0 bridgehead atoms. The molecular formula is C18H16IN3O3. The van der Waals surface area contributed by atoms with Gasteiger partial charge in [-0.25, -0.2) is 4.79 Å². The van der Waals surface area contributed by atoms with E-state index >= 15 is 0 Å². The van der Waals surface area contributed by atoms with E-state index in [1.807, 2.05) is 24.3 Å². The molecule has 0 spiro atoms. The van der Waals surface area contributed by atoms with Gasteiger partial charge in [0.1, 0.15) is 11.3 Å². The Morgan fingerprint density at radius 1 is 1.16 bits per heavy atom. The fourth-order valence-corrected chi connectivity index (χ4v) is 3.08. The summed E-state index contributed by atoms with van der Waals surface area (Å²) < 4.78 is 6.11. The molecule has 3 rings (SSSR count). The minimum atomic E-state index is -1.16. The summed E-state index contributed by atoms with van der Waals surface area (Å²) >= 11 is 2.17. The number of urea groups is 1. The highest BCUT2D eigenvalue weighted by atomic mass is 127. The molecule has 0 radical (unpaired) electrons. The Bertz CT molecular complexity index is 851. The van der Waals surface area contributed by atoms with Crippen molar-refractivity contribution < 1.29 is 14.3 Å². The number of carbonyl (C=O) groups is 2. The van der Waals surface area contributed by atoms with E-state index in [2.05, 4.69) is 33.0 Å². The molecule has 3 amide bonds. The number of halogens is 1. The molecular weight excluding hydrogens is 433 g/mol. The van der Waals surface area contributed by atoms with Gasteiger partial charge in [-0.2, -0.15) is 5.10 Å². The second-order valence-electron chi connectivity index (χ2n) is 5.67. The lowest BCUT2D eigenvalue weighted by Crippen LogP contribution is -2.40. The van der Waals surface area contributed by atoms with E-state index in [9.17, 15) is 9.59 Å². The van der Waals surface area contributed by atoms with Gasteiger partial charge in [0.15, 0.2) is 0 Å². The third-order valence-electron chi connectivity index (χ3n) is 4.05. The van der Waals surface area contributed by atoms with Gasteiger partial charge in [0.05, 0.1) is 13.3 Å². The summed E-state index contributed by atoms with van der Waals surface area (Å²) in [7, 11) is 1.57. The summed E-state index contributed by atoms with van der Waals surface area (Å²) in [5, 5.41) is 7.67. The Kier molecular flexibility index (Phi) is 4.76. The summed E-state index contributed by atoms with van der Waals surface area (Å²) in [5.74, 6) is 0.252. The first-order chi connectivity index (χ1) is 12.0.